The minimum Gasteiger partial charge on any atom is -0.377 e. The highest BCUT2D eigenvalue weighted by Gasteiger charge is 2.27. The van der Waals surface area contributed by atoms with E-state index in [1.807, 2.05) is 0 Å². The van der Waals surface area contributed by atoms with Crippen molar-refractivity contribution in [2.45, 2.75) is 49.2 Å². The molecular formula is C11H21NOS. The Kier molecular flexibility index (Phi) is 4.14. The molecule has 2 rings (SSSR count). The number of thioether (sulfide) groups is 1. The molecule has 3 unspecified atom stereocenters. The van der Waals surface area contributed by atoms with Gasteiger partial charge in [0.05, 0.1) is 6.10 Å². The molecule has 0 saturated carbocycles. The van der Waals surface area contributed by atoms with Crippen LogP contribution in [0.3, 0.4) is 0 Å². The molecule has 0 amide bonds. The molecule has 14 heavy (non-hydrogen) atoms. The van der Waals surface area contributed by atoms with Crippen molar-refractivity contribution in [2.24, 2.45) is 0 Å². The molecule has 2 aliphatic rings. The molecule has 2 saturated heterocycles. The molecule has 2 nitrogen and oxygen atoms in total. The summed E-state index contributed by atoms with van der Waals surface area (Å²) >= 11 is 2.16. The molecule has 0 bridgehead atoms. The third-order valence-corrected chi connectivity index (χ3v) is 4.93. The zero-order valence-corrected chi connectivity index (χ0v) is 9.81. The number of rotatable bonds is 2. The van der Waals surface area contributed by atoms with Crippen molar-refractivity contribution < 1.29 is 4.74 Å². The normalized spacial score (nSPS) is 39.6. The minimum atomic E-state index is 0.475. The first-order valence-electron chi connectivity index (χ1n) is 5.84. The Bertz CT molecular complexity index is 169. The molecule has 82 valence electrons. The van der Waals surface area contributed by atoms with E-state index in [0.717, 1.165) is 17.1 Å². The highest BCUT2D eigenvalue weighted by Crippen LogP contribution is 2.31. The molecule has 2 fully saturated rings. The van der Waals surface area contributed by atoms with Crippen LogP contribution >= 0.6 is 11.8 Å². The van der Waals surface area contributed by atoms with E-state index in [1.165, 1.54) is 38.8 Å². The molecule has 2 heterocycles. The SMILES string of the molecule is CC1OCCC1SC1CCCCNC1. The van der Waals surface area contributed by atoms with Gasteiger partial charge in [-0.15, -0.1) is 0 Å². The van der Waals surface area contributed by atoms with Gasteiger partial charge in [-0.1, -0.05) is 6.42 Å². The Hall–Kier alpha value is 0.270. The van der Waals surface area contributed by atoms with Gasteiger partial charge in [-0.3, -0.25) is 0 Å². The van der Waals surface area contributed by atoms with Crippen LogP contribution in [0.1, 0.15) is 32.6 Å². The van der Waals surface area contributed by atoms with Gasteiger partial charge >= 0.3 is 0 Å². The minimum absolute atomic E-state index is 0.475. The van der Waals surface area contributed by atoms with Crippen molar-refractivity contribution in [3.05, 3.63) is 0 Å². The predicted molar refractivity (Wildman–Crippen MR) is 61.9 cm³/mol. The van der Waals surface area contributed by atoms with E-state index in [2.05, 4.69) is 24.0 Å². The van der Waals surface area contributed by atoms with Gasteiger partial charge in [0, 0.05) is 23.7 Å². The number of nitrogens with one attached hydrogen (secondary N) is 1. The van der Waals surface area contributed by atoms with Gasteiger partial charge in [-0.05, 0) is 32.7 Å². The lowest BCUT2D eigenvalue weighted by atomic mass is 10.2. The summed E-state index contributed by atoms with van der Waals surface area (Å²) in [5.41, 5.74) is 0. The Labute approximate surface area is 91.2 Å². The molecule has 3 atom stereocenters. The van der Waals surface area contributed by atoms with Gasteiger partial charge in [-0.2, -0.15) is 11.8 Å². The molecule has 0 aromatic heterocycles. The van der Waals surface area contributed by atoms with Gasteiger partial charge in [0.2, 0.25) is 0 Å². The van der Waals surface area contributed by atoms with Gasteiger partial charge in [0.15, 0.2) is 0 Å². The van der Waals surface area contributed by atoms with Gasteiger partial charge < -0.3 is 10.1 Å². The molecule has 0 aromatic carbocycles. The third-order valence-electron chi connectivity index (χ3n) is 3.18. The van der Waals surface area contributed by atoms with Crippen LogP contribution in [0.4, 0.5) is 0 Å². The topological polar surface area (TPSA) is 21.3 Å². The van der Waals surface area contributed by atoms with Crippen LogP contribution in [-0.4, -0.2) is 36.3 Å². The Balaban J connectivity index is 1.77. The summed E-state index contributed by atoms with van der Waals surface area (Å²) in [5.74, 6) is 0. The lowest BCUT2D eigenvalue weighted by molar-refractivity contribution is 0.127. The fourth-order valence-electron chi connectivity index (χ4n) is 2.24. The average molecular weight is 215 g/mol. The van der Waals surface area contributed by atoms with Gasteiger partial charge in [0.25, 0.3) is 0 Å². The first-order chi connectivity index (χ1) is 6.86. The lowest BCUT2D eigenvalue weighted by Crippen LogP contribution is -2.26. The van der Waals surface area contributed by atoms with E-state index in [1.54, 1.807) is 0 Å². The lowest BCUT2D eigenvalue weighted by Gasteiger charge is -2.20. The zero-order valence-electron chi connectivity index (χ0n) is 9.00. The molecular weight excluding hydrogens is 194 g/mol. The van der Waals surface area contributed by atoms with Crippen molar-refractivity contribution in [1.82, 2.24) is 5.32 Å². The van der Waals surface area contributed by atoms with E-state index in [4.69, 9.17) is 4.74 Å². The Morgan fingerprint density at radius 2 is 2.21 bits per heavy atom. The highest BCUT2D eigenvalue weighted by molar-refractivity contribution is 8.00. The van der Waals surface area contributed by atoms with Crippen LogP contribution in [-0.2, 0) is 4.74 Å². The van der Waals surface area contributed by atoms with Crippen molar-refractivity contribution >= 4 is 11.8 Å². The fraction of sp³-hybridized carbons (Fsp3) is 1.00. The summed E-state index contributed by atoms with van der Waals surface area (Å²) in [5, 5.41) is 5.10. The van der Waals surface area contributed by atoms with Crippen molar-refractivity contribution in [1.29, 1.82) is 0 Å². The van der Waals surface area contributed by atoms with E-state index in [9.17, 15) is 0 Å². The summed E-state index contributed by atoms with van der Waals surface area (Å²) in [4.78, 5) is 0. The molecule has 1 N–H and O–H groups in total. The Morgan fingerprint density at radius 3 is 3.00 bits per heavy atom. The summed E-state index contributed by atoms with van der Waals surface area (Å²) in [6.07, 6.45) is 5.87. The highest BCUT2D eigenvalue weighted by atomic mass is 32.2. The molecule has 2 aliphatic heterocycles. The van der Waals surface area contributed by atoms with Crippen LogP contribution in [0.2, 0.25) is 0 Å². The Morgan fingerprint density at radius 1 is 1.29 bits per heavy atom. The quantitative estimate of drug-likeness (QED) is 0.761. The summed E-state index contributed by atoms with van der Waals surface area (Å²) in [6, 6.07) is 0. The largest absolute Gasteiger partial charge is 0.377 e. The standard InChI is InChI=1S/C11H21NOS/c1-9-11(5-7-13-9)14-10-4-2-3-6-12-8-10/h9-12H,2-8H2,1H3. The van der Waals surface area contributed by atoms with Gasteiger partial charge in [-0.25, -0.2) is 0 Å². The monoisotopic (exact) mass is 215 g/mol. The van der Waals surface area contributed by atoms with Gasteiger partial charge in [0.1, 0.15) is 0 Å². The summed E-state index contributed by atoms with van der Waals surface area (Å²) < 4.78 is 5.60. The molecule has 0 aromatic rings. The van der Waals surface area contributed by atoms with Crippen molar-refractivity contribution in [2.75, 3.05) is 19.7 Å². The second-order valence-corrected chi connectivity index (χ2v) is 5.91. The van der Waals surface area contributed by atoms with Crippen molar-refractivity contribution in [3.63, 3.8) is 0 Å². The molecule has 0 aliphatic carbocycles. The second-order valence-electron chi connectivity index (χ2n) is 4.36. The van der Waals surface area contributed by atoms with E-state index in [0.29, 0.717) is 6.10 Å². The van der Waals surface area contributed by atoms with Crippen molar-refractivity contribution in [3.8, 4) is 0 Å². The van der Waals surface area contributed by atoms with Crippen LogP contribution in [0.5, 0.6) is 0 Å². The van der Waals surface area contributed by atoms with E-state index >= 15 is 0 Å². The molecule has 0 radical (unpaired) electrons. The summed E-state index contributed by atoms with van der Waals surface area (Å²) in [6.45, 7) is 5.61. The molecule has 0 spiro atoms. The third kappa shape index (κ3) is 2.88. The fourth-order valence-corrected chi connectivity index (χ4v) is 3.78. The van der Waals surface area contributed by atoms with E-state index < -0.39 is 0 Å². The first-order valence-corrected chi connectivity index (χ1v) is 6.78. The maximum absolute atomic E-state index is 5.60. The summed E-state index contributed by atoms with van der Waals surface area (Å²) in [7, 11) is 0. The number of hydrogen-bond acceptors (Lipinski definition) is 3. The predicted octanol–water partition coefficient (Wildman–Crippen LogP) is 2.04. The van der Waals surface area contributed by atoms with Crippen LogP contribution in [0.25, 0.3) is 0 Å². The van der Waals surface area contributed by atoms with E-state index in [-0.39, 0.29) is 0 Å². The first kappa shape index (κ1) is 10.8. The number of hydrogen-bond donors (Lipinski definition) is 1. The molecule has 3 heteroatoms. The maximum atomic E-state index is 5.60. The maximum Gasteiger partial charge on any atom is 0.0666 e. The van der Waals surface area contributed by atoms with Crippen LogP contribution in [0.15, 0.2) is 0 Å². The second kappa shape index (κ2) is 5.38. The number of ether oxygens (including phenoxy) is 1. The van der Waals surface area contributed by atoms with Crippen LogP contribution < -0.4 is 5.32 Å². The zero-order chi connectivity index (χ0) is 9.80. The average Bonchev–Trinajstić information content (AvgIpc) is 2.44. The smallest absolute Gasteiger partial charge is 0.0666 e. The van der Waals surface area contributed by atoms with Crippen LogP contribution in [0, 0.1) is 0 Å².